The van der Waals surface area contributed by atoms with Crippen LogP contribution in [0.25, 0.3) is 0 Å². The topological polar surface area (TPSA) is 40.1 Å². The molecule has 20 heavy (non-hydrogen) atoms. The number of carbonyl (C=O) groups is 1. The molecule has 0 heterocycles. The molecule has 0 aromatic rings. The van der Waals surface area contributed by atoms with Crippen LogP contribution in [0.3, 0.4) is 0 Å². The summed E-state index contributed by atoms with van der Waals surface area (Å²) in [5, 5.41) is 10.2. The molecule has 2 nitrogen and oxygen atoms in total. The molecule has 0 N–H and O–H groups in total. The lowest BCUT2D eigenvalue weighted by atomic mass is 10.1. The van der Waals surface area contributed by atoms with Crippen molar-refractivity contribution < 1.29 is 9.90 Å². The van der Waals surface area contributed by atoms with Crippen LogP contribution >= 0.6 is 0 Å². The van der Waals surface area contributed by atoms with Crippen LogP contribution in [0.15, 0.2) is 24.3 Å². The van der Waals surface area contributed by atoms with Gasteiger partial charge in [0.2, 0.25) is 0 Å². The number of carboxylic acids is 1. The largest absolute Gasteiger partial charge is 0.550 e. The summed E-state index contributed by atoms with van der Waals surface area (Å²) < 4.78 is 0. The number of hydrogen-bond acceptors (Lipinski definition) is 2. The van der Waals surface area contributed by atoms with Crippen LogP contribution in [0.4, 0.5) is 0 Å². The fraction of sp³-hybridized carbons (Fsp3) is 0.722. The second-order valence-electron chi connectivity index (χ2n) is 5.35. The lowest BCUT2D eigenvalue weighted by molar-refractivity contribution is -0.305. The Bertz CT molecular complexity index is 267. The molecule has 0 rings (SSSR count). The number of rotatable bonds is 14. The molecule has 0 amide bonds. The van der Waals surface area contributed by atoms with Crippen molar-refractivity contribution >= 4 is 5.97 Å². The van der Waals surface area contributed by atoms with Crippen molar-refractivity contribution in [1.82, 2.24) is 0 Å². The predicted molar refractivity (Wildman–Crippen MR) is 84.4 cm³/mol. The SMILES string of the molecule is CCCCCCCC/C=C\C/C=C\CCCCC(=O)[O-]. The van der Waals surface area contributed by atoms with Crippen molar-refractivity contribution in [2.24, 2.45) is 0 Å². The fourth-order valence-corrected chi connectivity index (χ4v) is 2.08. The molecule has 0 aromatic carbocycles. The first kappa shape index (κ1) is 18.9. The number of carboxylic acid groups (broad SMARTS) is 1. The maximum absolute atomic E-state index is 10.2. The van der Waals surface area contributed by atoms with Crippen LogP contribution in [-0.2, 0) is 4.79 Å². The van der Waals surface area contributed by atoms with Gasteiger partial charge in [0.05, 0.1) is 0 Å². The molecule has 0 aliphatic carbocycles. The Labute approximate surface area is 125 Å². The molecule has 0 saturated carbocycles. The summed E-state index contributed by atoms with van der Waals surface area (Å²) in [5.41, 5.74) is 0. The van der Waals surface area contributed by atoms with Gasteiger partial charge in [-0.3, -0.25) is 0 Å². The van der Waals surface area contributed by atoms with Crippen molar-refractivity contribution in [3.63, 3.8) is 0 Å². The summed E-state index contributed by atoms with van der Waals surface area (Å²) >= 11 is 0. The van der Waals surface area contributed by atoms with Crippen LogP contribution < -0.4 is 5.11 Å². The molecule has 0 fully saturated rings. The standard InChI is InChI=1S/C18H32O2/c1-2-3-4-5-6-7-8-9-10-11-12-13-14-15-16-17-18(19)20/h9-10,12-13H,2-8,11,14-17H2,1H3,(H,19,20)/p-1/b10-9-,13-12-. The lowest BCUT2D eigenvalue weighted by Crippen LogP contribution is -2.21. The van der Waals surface area contributed by atoms with E-state index in [0.717, 1.165) is 25.7 Å². The molecule has 0 atom stereocenters. The van der Waals surface area contributed by atoms with E-state index in [-0.39, 0.29) is 6.42 Å². The summed E-state index contributed by atoms with van der Waals surface area (Å²) in [4.78, 5) is 10.2. The van der Waals surface area contributed by atoms with Crippen molar-refractivity contribution in [3.8, 4) is 0 Å². The highest BCUT2D eigenvalue weighted by atomic mass is 16.4. The third-order valence-corrected chi connectivity index (χ3v) is 3.33. The van der Waals surface area contributed by atoms with Crippen molar-refractivity contribution in [2.75, 3.05) is 0 Å². The highest BCUT2D eigenvalue weighted by Crippen LogP contribution is 2.07. The van der Waals surface area contributed by atoms with Gasteiger partial charge in [0.25, 0.3) is 0 Å². The first-order valence-corrected chi connectivity index (χ1v) is 8.27. The number of unbranched alkanes of at least 4 members (excludes halogenated alkanes) is 8. The lowest BCUT2D eigenvalue weighted by Gasteiger charge is -1.98. The number of hydrogen-bond donors (Lipinski definition) is 0. The fourth-order valence-electron chi connectivity index (χ4n) is 2.08. The third kappa shape index (κ3) is 16.9. The molecule has 0 unspecified atom stereocenters. The zero-order chi connectivity index (χ0) is 14.9. The van der Waals surface area contributed by atoms with E-state index >= 15 is 0 Å². The first-order chi connectivity index (χ1) is 9.77. The van der Waals surface area contributed by atoms with E-state index in [1.165, 1.54) is 44.9 Å². The van der Waals surface area contributed by atoms with E-state index in [9.17, 15) is 9.90 Å². The molecule has 116 valence electrons. The minimum absolute atomic E-state index is 0.187. The molecule has 2 heteroatoms. The van der Waals surface area contributed by atoms with E-state index in [0.29, 0.717) is 0 Å². The van der Waals surface area contributed by atoms with Crippen LogP contribution in [0.1, 0.15) is 84.0 Å². The number of aliphatic carboxylic acids is 1. The molecule has 0 aliphatic rings. The zero-order valence-corrected chi connectivity index (χ0v) is 13.1. The molecular formula is C18H31O2-. The molecular weight excluding hydrogens is 248 g/mol. The minimum Gasteiger partial charge on any atom is -0.550 e. The van der Waals surface area contributed by atoms with E-state index < -0.39 is 5.97 Å². The van der Waals surface area contributed by atoms with Crippen LogP contribution in [-0.4, -0.2) is 5.97 Å². The Morgan fingerprint density at radius 1 is 0.800 bits per heavy atom. The van der Waals surface area contributed by atoms with Gasteiger partial charge in [-0.15, -0.1) is 0 Å². The Morgan fingerprint density at radius 3 is 1.95 bits per heavy atom. The van der Waals surface area contributed by atoms with Crippen molar-refractivity contribution in [3.05, 3.63) is 24.3 Å². The molecule has 0 aromatic heterocycles. The molecule has 0 radical (unpaired) electrons. The van der Waals surface area contributed by atoms with Crippen LogP contribution in [0, 0.1) is 0 Å². The Hall–Kier alpha value is -1.05. The third-order valence-electron chi connectivity index (χ3n) is 3.33. The van der Waals surface area contributed by atoms with E-state index in [2.05, 4.69) is 31.2 Å². The minimum atomic E-state index is -0.938. The second-order valence-corrected chi connectivity index (χ2v) is 5.35. The van der Waals surface area contributed by atoms with Gasteiger partial charge in [0.1, 0.15) is 0 Å². The average Bonchev–Trinajstić information content (AvgIpc) is 2.43. The molecule has 0 saturated heterocycles. The number of allylic oxidation sites excluding steroid dienone is 4. The highest BCUT2D eigenvalue weighted by Gasteiger charge is 1.88. The Morgan fingerprint density at radius 2 is 1.35 bits per heavy atom. The molecule has 0 aliphatic heterocycles. The summed E-state index contributed by atoms with van der Waals surface area (Å²) in [7, 11) is 0. The van der Waals surface area contributed by atoms with Gasteiger partial charge in [0.15, 0.2) is 0 Å². The van der Waals surface area contributed by atoms with Crippen LogP contribution in [0.2, 0.25) is 0 Å². The normalized spacial score (nSPS) is 11.7. The van der Waals surface area contributed by atoms with E-state index in [1.807, 2.05) is 0 Å². The smallest absolute Gasteiger partial charge is 0.0414 e. The first-order valence-electron chi connectivity index (χ1n) is 8.27. The second kappa shape index (κ2) is 16.0. The summed E-state index contributed by atoms with van der Waals surface area (Å²) in [6.07, 6.45) is 22.0. The van der Waals surface area contributed by atoms with Crippen LogP contribution in [0.5, 0.6) is 0 Å². The maximum atomic E-state index is 10.2. The van der Waals surface area contributed by atoms with Gasteiger partial charge in [-0.05, 0) is 44.9 Å². The van der Waals surface area contributed by atoms with Gasteiger partial charge >= 0.3 is 0 Å². The van der Waals surface area contributed by atoms with E-state index in [4.69, 9.17) is 0 Å². The monoisotopic (exact) mass is 279 g/mol. The summed E-state index contributed by atoms with van der Waals surface area (Å²) in [6.45, 7) is 2.25. The van der Waals surface area contributed by atoms with Gasteiger partial charge in [0, 0.05) is 5.97 Å². The predicted octanol–water partition coefficient (Wildman–Crippen LogP) is 4.55. The zero-order valence-electron chi connectivity index (χ0n) is 13.1. The summed E-state index contributed by atoms with van der Waals surface area (Å²) in [6, 6.07) is 0. The molecule has 0 bridgehead atoms. The van der Waals surface area contributed by atoms with Gasteiger partial charge in [-0.2, -0.15) is 0 Å². The van der Waals surface area contributed by atoms with Gasteiger partial charge in [-0.1, -0.05) is 63.3 Å². The van der Waals surface area contributed by atoms with Gasteiger partial charge < -0.3 is 9.90 Å². The Kier molecular flexibility index (Phi) is 15.2. The highest BCUT2D eigenvalue weighted by molar-refractivity contribution is 5.64. The quantitative estimate of drug-likeness (QED) is 0.346. The maximum Gasteiger partial charge on any atom is 0.0414 e. The van der Waals surface area contributed by atoms with Gasteiger partial charge in [-0.25, -0.2) is 0 Å². The van der Waals surface area contributed by atoms with Crippen molar-refractivity contribution in [2.45, 2.75) is 84.0 Å². The Balaban J connectivity index is 3.20. The summed E-state index contributed by atoms with van der Waals surface area (Å²) in [5.74, 6) is -0.938. The number of carbonyl (C=O) groups excluding carboxylic acids is 1. The van der Waals surface area contributed by atoms with Crippen molar-refractivity contribution in [1.29, 1.82) is 0 Å². The average molecular weight is 279 g/mol. The molecule has 0 spiro atoms. The van der Waals surface area contributed by atoms with E-state index in [1.54, 1.807) is 0 Å².